The Morgan fingerprint density at radius 3 is 2.83 bits per heavy atom. The van der Waals surface area contributed by atoms with E-state index in [0.29, 0.717) is 17.1 Å². The molecular weight excluding hydrogens is 250 g/mol. The molecule has 5 N–H and O–H groups in total. The summed E-state index contributed by atoms with van der Waals surface area (Å²) in [4.78, 5) is 3.60. The number of thioether (sulfide) groups is 1. The van der Waals surface area contributed by atoms with Gasteiger partial charge in [0.25, 0.3) is 0 Å². The molecule has 18 heavy (non-hydrogen) atoms. The van der Waals surface area contributed by atoms with E-state index in [9.17, 15) is 0 Å². The normalized spacial score (nSPS) is 9.33. The van der Waals surface area contributed by atoms with Crippen LogP contribution in [0, 0.1) is 16.7 Å². The van der Waals surface area contributed by atoms with Crippen molar-refractivity contribution < 1.29 is 4.74 Å². The van der Waals surface area contributed by atoms with Crippen LogP contribution in [0.1, 0.15) is 11.1 Å². The highest BCUT2D eigenvalue weighted by Crippen LogP contribution is 2.24. The Kier molecular flexibility index (Phi) is 5.02. The fraction of sp³-hybridized carbons (Fsp3) is 0.182. The molecule has 1 aromatic carbocycles. The Balaban J connectivity index is 2.80. The molecule has 0 saturated carbocycles. The first-order valence-corrected chi connectivity index (χ1v) is 5.93. The Morgan fingerprint density at radius 1 is 1.56 bits per heavy atom. The maximum absolute atomic E-state index is 8.83. The lowest BCUT2D eigenvalue weighted by Gasteiger charge is -2.07. The highest BCUT2D eigenvalue weighted by atomic mass is 32.2. The van der Waals surface area contributed by atoms with E-state index in [1.165, 1.54) is 0 Å². The molecule has 0 bridgehead atoms. The van der Waals surface area contributed by atoms with E-state index in [0.717, 1.165) is 17.3 Å². The molecule has 0 aliphatic heterocycles. The van der Waals surface area contributed by atoms with E-state index < -0.39 is 0 Å². The minimum atomic E-state index is -0.148. The van der Waals surface area contributed by atoms with Crippen molar-refractivity contribution in [3.05, 3.63) is 29.3 Å². The third kappa shape index (κ3) is 3.99. The highest BCUT2D eigenvalue weighted by Gasteiger charge is 2.06. The Morgan fingerprint density at radius 2 is 2.28 bits per heavy atom. The third-order valence-electron chi connectivity index (χ3n) is 2.00. The van der Waals surface area contributed by atoms with Gasteiger partial charge in [0.2, 0.25) is 0 Å². The van der Waals surface area contributed by atoms with Gasteiger partial charge in [-0.3, -0.25) is 5.41 Å². The van der Waals surface area contributed by atoms with Crippen molar-refractivity contribution in [3.63, 3.8) is 0 Å². The number of hydrogen-bond donors (Lipinski definition) is 3. The molecule has 7 heteroatoms. The molecule has 0 unspecified atom stereocenters. The largest absolute Gasteiger partial charge is 0.496 e. The molecule has 0 aromatic heterocycles. The second-order valence-corrected chi connectivity index (χ2v) is 4.23. The number of amidine groups is 1. The zero-order chi connectivity index (χ0) is 13.5. The van der Waals surface area contributed by atoms with E-state index in [1.807, 2.05) is 0 Å². The van der Waals surface area contributed by atoms with Gasteiger partial charge in [-0.15, -0.1) is 0 Å². The molecule has 0 aliphatic rings. The average molecular weight is 263 g/mol. The van der Waals surface area contributed by atoms with Gasteiger partial charge in [-0.2, -0.15) is 10.3 Å². The number of ether oxygens (including phenoxy) is 1. The summed E-state index contributed by atoms with van der Waals surface area (Å²) in [5, 5.41) is 16.3. The number of aliphatic imine (C=N–C) groups is 1. The molecule has 1 aromatic rings. The maximum atomic E-state index is 8.83. The average Bonchev–Trinajstić information content (AvgIpc) is 2.35. The van der Waals surface area contributed by atoms with Crippen molar-refractivity contribution in [3.8, 4) is 11.8 Å². The van der Waals surface area contributed by atoms with Gasteiger partial charge in [0.05, 0.1) is 18.7 Å². The molecule has 6 nitrogen and oxygen atoms in total. The van der Waals surface area contributed by atoms with Crippen LogP contribution < -0.4 is 16.2 Å². The zero-order valence-electron chi connectivity index (χ0n) is 9.80. The molecule has 0 fully saturated rings. The number of nitrogens with two attached hydrogens (primary N) is 2. The molecule has 0 amide bonds. The molecule has 0 aliphatic carbocycles. The molecule has 94 valence electrons. The first-order chi connectivity index (χ1) is 8.56. The van der Waals surface area contributed by atoms with Crippen LogP contribution in [-0.2, 0) is 5.75 Å². The monoisotopic (exact) mass is 263 g/mol. The standard InChI is InChI=1S/C11H13N5OS/c1-17-9-3-2-7(5-12)4-8(9)6-18-11(15)16-10(13)14/h2-4H,6H2,1H3,(H5,13,14,15,16). The summed E-state index contributed by atoms with van der Waals surface area (Å²) >= 11 is 1.15. The van der Waals surface area contributed by atoms with Crippen LogP contribution in [0.2, 0.25) is 0 Å². The van der Waals surface area contributed by atoms with E-state index >= 15 is 0 Å². The summed E-state index contributed by atoms with van der Waals surface area (Å²) in [5.74, 6) is 0.971. The van der Waals surface area contributed by atoms with Crippen LogP contribution in [0.25, 0.3) is 0 Å². The summed E-state index contributed by atoms with van der Waals surface area (Å²) in [6.07, 6.45) is 0. The van der Waals surface area contributed by atoms with E-state index in [2.05, 4.69) is 11.1 Å². The van der Waals surface area contributed by atoms with Gasteiger partial charge >= 0.3 is 0 Å². The number of methoxy groups -OCH3 is 1. The molecule has 0 saturated heterocycles. The zero-order valence-corrected chi connectivity index (χ0v) is 10.6. The lowest BCUT2D eigenvalue weighted by molar-refractivity contribution is 0.411. The molecule has 1 rings (SSSR count). The van der Waals surface area contributed by atoms with Crippen molar-refractivity contribution in [2.24, 2.45) is 16.5 Å². The SMILES string of the molecule is COc1ccc(C#N)cc1CSC(=N)N=C(N)N. The van der Waals surface area contributed by atoms with Gasteiger partial charge in [0.15, 0.2) is 11.1 Å². The first kappa shape index (κ1) is 13.9. The molecule has 0 radical (unpaired) electrons. The van der Waals surface area contributed by atoms with Crippen LogP contribution in [0.3, 0.4) is 0 Å². The first-order valence-electron chi connectivity index (χ1n) is 4.94. The lowest BCUT2D eigenvalue weighted by atomic mass is 10.1. The minimum Gasteiger partial charge on any atom is -0.496 e. The number of nitrogens with one attached hydrogen (secondary N) is 1. The van der Waals surface area contributed by atoms with Crippen molar-refractivity contribution >= 4 is 22.9 Å². The van der Waals surface area contributed by atoms with Gasteiger partial charge in [0, 0.05) is 11.3 Å². The Bertz CT molecular complexity index is 517. The quantitative estimate of drug-likeness (QED) is 0.555. The number of rotatable bonds is 3. The predicted molar refractivity (Wildman–Crippen MR) is 72.5 cm³/mol. The summed E-state index contributed by atoms with van der Waals surface area (Å²) in [6, 6.07) is 7.17. The molecule has 0 atom stereocenters. The van der Waals surface area contributed by atoms with E-state index in [-0.39, 0.29) is 11.1 Å². The number of nitriles is 1. The van der Waals surface area contributed by atoms with Crippen molar-refractivity contribution in [2.75, 3.05) is 7.11 Å². The summed E-state index contributed by atoms with van der Waals surface area (Å²) < 4.78 is 5.18. The fourth-order valence-corrected chi connectivity index (χ4v) is 1.94. The van der Waals surface area contributed by atoms with Crippen molar-refractivity contribution in [1.29, 1.82) is 10.7 Å². The maximum Gasteiger partial charge on any atom is 0.193 e. The lowest BCUT2D eigenvalue weighted by Crippen LogP contribution is -2.23. The molecule has 0 spiro atoms. The number of nitrogens with zero attached hydrogens (tertiary/aromatic N) is 2. The fourth-order valence-electron chi connectivity index (χ4n) is 1.26. The minimum absolute atomic E-state index is 0.0133. The summed E-state index contributed by atoms with van der Waals surface area (Å²) in [6.45, 7) is 0. The smallest absolute Gasteiger partial charge is 0.193 e. The Hall–Kier alpha value is -2.20. The molecule has 0 heterocycles. The third-order valence-corrected chi connectivity index (χ3v) is 2.82. The van der Waals surface area contributed by atoms with Crippen LogP contribution >= 0.6 is 11.8 Å². The van der Waals surface area contributed by atoms with Crippen molar-refractivity contribution in [2.45, 2.75) is 5.75 Å². The van der Waals surface area contributed by atoms with Gasteiger partial charge < -0.3 is 16.2 Å². The van der Waals surface area contributed by atoms with Gasteiger partial charge in [-0.05, 0) is 18.2 Å². The van der Waals surface area contributed by atoms with Crippen LogP contribution in [0.5, 0.6) is 5.75 Å². The topological polar surface area (TPSA) is 121 Å². The summed E-state index contributed by atoms with van der Waals surface area (Å²) in [7, 11) is 1.55. The predicted octanol–water partition coefficient (Wildman–Crippen LogP) is 1.01. The van der Waals surface area contributed by atoms with Gasteiger partial charge in [0.1, 0.15) is 5.75 Å². The van der Waals surface area contributed by atoms with Crippen LogP contribution in [0.15, 0.2) is 23.2 Å². The molecular formula is C11H13N5OS. The number of hydrogen-bond acceptors (Lipinski definition) is 4. The number of guanidine groups is 1. The van der Waals surface area contributed by atoms with Crippen LogP contribution in [-0.4, -0.2) is 18.2 Å². The second kappa shape index (κ2) is 6.51. The highest BCUT2D eigenvalue weighted by molar-refractivity contribution is 8.13. The number of benzene rings is 1. The van der Waals surface area contributed by atoms with Crippen molar-refractivity contribution in [1.82, 2.24) is 0 Å². The van der Waals surface area contributed by atoms with Gasteiger partial charge in [-0.25, -0.2) is 0 Å². The van der Waals surface area contributed by atoms with E-state index in [1.54, 1.807) is 25.3 Å². The van der Waals surface area contributed by atoms with Crippen LogP contribution in [0.4, 0.5) is 0 Å². The second-order valence-electron chi connectivity index (χ2n) is 3.27. The Labute approximate surface area is 109 Å². The summed E-state index contributed by atoms with van der Waals surface area (Å²) in [5.41, 5.74) is 11.7. The van der Waals surface area contributed by atoms with E-state index in [4.69, 9.17) is 26.9 Å². The van der Waals surface area contributed by atoms with Gasteiger partial charge in [-0.1, -0.05) is 11.8 Å².